The highest BCUT2D eigenvalue weighted by Crippen LogP contribution is 2.24. The maximum absolute atomic E-state index is 13.7. The number of halogens is 1. The predicted molar refractivity (Wildman–Crippen MR) is 87.4 cm³/mol. The minimum absolute atomic E-state index is 0.248. The van der Waals surface area contributed by atoms with Gasteiger partial charge in [0, 0.05) is 44.0 Å². The first kappa shape index (κ1) is 14.4. The smallest absolute Gasteiger partial charge is 0.169 e. The van der Waals surface area contributed by atoms with Crippen molar-refractivity contribution in [1.82, 2.24) is 19.9 Å². The van der Waals surface area contributed by atoms with Crippen molar-refractivity contribution in [2.24, 2.45) is 0 Å². The summed E-state index contributed by atoms with van der Waals surface area (Å²) >= 11 is 1.65. The minimum atomic E-state index is -0.248. The van der Waals surface area contributed by atoms with Crippen molar-refractivity contribution in [1.29, 1.82) is 0 Å². The molecule has 116 valence electrons. The summed E-state index contributed by atoms with van der Waals surface area (Å²) in [5.74, 6) is 0.547. The Morgan fingerprint density at radius 3 is 3.00 bits per heavy atom. The van der Waals surface area contributed by atoms with Crippen molar-refractivity contribution in [2.75, 3.05) is 6.54 Å². The fourth-order valence-electron chi connectivity index (χ4n) is 2.78. The summed E-state index contributed by atoms with van der Waals surface area (Å²) in [6.07, 6.45) is 4.38. The van der Waals surface area contributed by atoms with Crippen LogP contribution in [0.2, 0.25) is 0 Å². The van der Waals surface area contributed by atoms with Crippen LogP contribution in [0.15, 0.2) is 42.0 Å². The number of aromatic nitrogens is 3. The van der Waals surface area contributed by atoms with Gasteiger partial charge in [0.25, 0.3) is 0 Å². The number of hydrogen-bond acceptors (Lipinski definition) is 5. The monoisotopic (exact) mass is 326 g/mol. The molecule has 3 aromatic rings. The third-order valence-electron chi connectivity index (χ3n) is 3.96. The molecular weight excluding hydrogens is 311 g/mol. The van der Waals surface area contributed by atoms with Gasteiger partial charge in [0.1, 0.15) is 5.82 Å². The van der Waals surface area contributed by atoms with Gasteiger partial charge in [-0.25, -0.2) is 14.4 Å². The Labute approximate surface area is 137 Å². The second-order valence-electron chi connectivity index (χ2n) is 5.54. The first-order valence-electron chi connectivity index (χ1n) is 7.50. The molecule has 1 aliphatic rings. The fraction of sp³-hybridized carbons (Fsp3) is 0.235. The second-order valence-corrected chi connectivity index (χ2v) is 6.48. The third-order valence-corrected chi connectivity index (χ3v) is 4.83. The molecule has 0 saturated heterocycles. The van der Waals surface area contributed by atoms with Crippen LogP contribution >= 0.6 is 11.3 Å². The fourth-order valence-corrected chi connectivity index (χ4v) is 3.45. The van der Waals surface area contributed by atoms with Crippen molar-refractivity contribution in [3.05, 3.63) is 64.8 Å². The van der Waals surface area contributed by atoms with Crippen LogP contribution in [0, 0.1) is 5.82 Å². The molecule has 1 aliphatic heterocycles. The van der Waals surface area contributed by atoms with Crippen LogP contribution < -0.4 is 0 Å². The highest BCUT2D eigenvalue weighted by molar-refractivity contribution is 7.13. The zero-order valence-corrected chi connectivity index (χ0v) is 13.3. The average molecular weight is 326 g/mol. The highest BCUT2D eigenvalue weighted by Gasteiger charge is 2.20. The number of thiophene rings is 1. The summed E-state index contributed by atoms with van der Waals surface area (Å²) in [6, 6.07) is 7.11. The predicted octanol–water partition coefficient (Wildman–Crippen LogP) is 3.30. The number of nitrogens with zero attached hydrogens (tertiary/aromatic N) is 4. The molecule has 0 N–H and O–H groups in total. The maximum Gasteiger partial charge on any atom is 0.169 e. The first-order chi connectivity index (χ1) is 11.3. The van der Waals surface area contributed by atoms with E-state index in [-0.39, 0.29) is 5.82 Å². The van der Waals surface area contributed by atoms with Crippen molar-refractivity contribution >= 4 is 11.3 Å². The molecule has 6 heteroatoms. The first-order valence-corrected chi connectivity index (χ1v) is 8.38. The van der Waals surface area contributed by atoms with Gasteiger partial charge < -0.3 is 0 Å². The van der Waals surface area contributed by atoms with Gasteiger partial charge in [-0.05, 0) is 23.6 Å². The van der Waals surface area contributed by atoms with E-state index in [9.17, 15) is 4.39 Å². The van der Waals surface area contributed by atoms with Crippen molar-refractivity contribution in [3.63, 3.8) is 0 Å². The summed E-state index contributed by atoms with van der Waals surface area (Å²) < 4.78 is 13.7. The number of rotatable bonds is 3. The van der Waals surface area contributed by atoms with Crippen LogP contribution in [-0.2, 0) is 19.5 Å². The van der Waals surface area contributed by atoms with E-state index in [4.69, 9.17) is 4.98 Å². The molecule has 4 rings (SSSR count). The van der Waals surface area contributed by atoms with Crippen LogP contribution in [-0.4, -0.2) is 26.4 Å². The van der Waals surface area contributed by atoms with Crippen molar-refractivity contribution < 1.29 is 4.39 Å². The van der Waals surface area contributed by atoms with Crippen LogP contribution in [0.25, 0.3) is 10.7 Å². The van der Waals surface area contributed by atoms with Crippen LogP contribution in [0.5, 0.6) is 0 Å². The Morgan fingerprint density at radius 1 is 1.22 bits per heavy atom. The normalized spacial score (nSPS) is 14.7. The van der Waals surface area contributed by atoms with Gasteiger partial charge in [0.15, 0.2) is 5.82 Å². The summed E-state index contributed by atoms with van der Waals surface area (Å²) in [6.45, 7) is 2.10. The molecule has 0 aromatic carbocycles. The molecule has 0 spiro atoms. The van der Waals surface area contributed by atoms with Crippen LogP contribution in [0.1, 0.15) is 17.0 Å². The molecule has 0 amide bonds. The molecule has 0 aliphatic carbocycles. The zero-order valence-electron chi connectivity index (χ0n) is 12.4. The lowest BCUT2D eigenvalue weighted by Gasteiger charge is -2.27. The lowest BCUT2D eigenvalue weighted by Crippen LogP contribution is -2.31. The summed E-state index contributed by atoms with van der Waals surface area (Å²) in [5.41, 5.74) is 2.71. The molecule has 0 unspecified atom stereocenters. The summed E-state index contributed by atoms with van der Waals surface area (Å²) in [7, 11) is 0. The molecule has 0 radical (unpaired) electrons. The van der Waals surface area contributed by atoms with Crippen LogP contribution in [0.4, 0.5) is 4.39 Å². The highest BCUT2D eigenvalue weighted by atomic mass is 32.1. The van der Waals surface area contributed by atoms with E-state index < -0.39 is 0 Å². The summed E-state index contributed by atoms with van der Waals surface area (Å²) in [4.78, 5) is 16.6. The molecule has 23 heavy (non-hydrogen) atoms. The number of pyridine rings is 1. The van der Waals surface area contributed by atoms with Crippen molar-refractivity contribution in [2.45, 2.75) is 19.5 Å². The molecule has 4 nitrogen and oxygen atoms in total. The van der Waals surface area contributed by atoms with Gasteiger partial charge in [-0.15, -0.1) is 11.3 Å². The SMILES string of the molecule is Fc1cccnc1CN1CCc2nc(-c3cccs3)ncc2C1. The lowest BCUT2D eigenvalue weighted by atomic mass is 10.1. The molecule has 0 bridgehead atoms. The van der Waals surface area contributed by atoms with E-state index in [1.165, 1.54) is 6.07 Å². The van der Waals surface area contributed by atoms with Gasteiger partial charge in [0.2, 0.25) is 0 Å². The zero-order chi connectivity index (χ0) is 15.6. The van der Waals surface area contributed by atoms with Gasteiger partial charge in [-0.3, -0.25) is 9.88 Å². The Kier molecular flexibility index (Phi) is 3.85. The minimum Gasteiger partial charge on any atom is -0.293 e. The van der Waals surface area contributed by atoms with E-state index in [1.807, 2.05) is 23.7 Å². The molecule has 0 fully saturated rings. The van der Waals surface area contributed by atoms with Gasteiger partial charge >= 0.3 is 0 Å². The van der Waals surface area contributed by atoms with Gasteiger partial charge in [-0.2, -0.15) is 0 Å². The average Bonchev–Trinajstić information content (AvgIpc) is 3.11. The van der Waals surface area contributed by atoms with E-state index in [0.29, 0.717) is 12.2 Å². The molecule has 4 heterocycles. The number of hydrogen-bond donors (Lipinski definition) is 0. The topological polar surface area (TPSA) is 41.9 Å². The van der Waals surface area contributed by atoms with Gasteiger partial charge in [-0.1, -0.05) is 6.07 Å². The van der Waals surface area contributed by atoms with E-state index in [0.717, 1.165) is 41.5 Å². The largest absolute Gasteiger partial charge is 0.293 e. The maximum atomic E-state index is 13.7. The van der Waals surface area contributed by atoms with Crippen molar-refractivity contribution in [3.8, 4) is 10.7 Å². The van der Waals surface area contributed by atoms with E-state index in [1.54, 1.807) is 23.6 Å². The van der Waals surface area contributed by atoms with E-state index in [2.05, 4.69) is 14.9 Å². The lowest BCUT2D eigenvalue weighted by molar-refractivity contribution is 0.236. The molecule has 0 atom stereocenters. The van der Waals surface area contributed by atoms with E-state index >= 15 is 0 Å². The number of fused-ring (bicyclic) bond motifs is 1. The van der Waals surface area contributed by atoms with Gasteiger partial charge in [0.05, 0.1) is 16.3 Å². The Hall–Kier alpha value is -2.18. The Morgan fingerprint density at radius 2 is 2.17 bits per heavy atom. The standard InChI is InChI=1S/C17H15FN4S/c18-13-3-1-6-19-15(13)11-22-7-5-14-12(10-22)9-20-17(21-14)16-4-2-8-23-16/h1-4,6,8-9H,5,7,10-11H2. The molecule has 0 saturated carbocycles. The Bertz CT molecular complexity index is 819. The third kappa shape index (κ3) is 3.00. The quantitative estimate of drug-likeness (QED) is 0.740. The molecular formula is C17H15FN4S. The summed E-state index contributed by atoms with van der Waals surface area (Å²) in [5, 5.41) is 2.03. The van der Waals surface area contributed by atoms with Crippen LogP contribution in [0.3, 0.4) is 0 Å². The Balaban J connectivity index is 1.53. The second kappa shape index (κ2) is 6.14. The molecule has 3 aromatic heterocycles.